The summed E-state index contributed by atoms with van der Waals surface area (Å²) in [7, 11) is 0. The minimum atomic E-state index is -0.845. The Labute approximate surface area is 109 Å². The second-order valence-corrected chi connectivity index (χ2v) is 6.84. The van der Waals surface area contributed by atoms with Gasteiger partial charge in [0.2, 0.25) is 0 Å². The summed E-state index contributed by atoms with van der Waals surface area (Å²) in [5.41, 5.74) is 1.26. The molecule has 4 bridgehead atoms. The molecule has 4 aliphatic carbocycles. The third kappa shape index (κ3) is 2.25. The van der Waals surface area contributed by atoms with E-state index in [1.807, 2.05) is 13.0 Å². The van der Waals surface area contributed by atoms with Crippen molar-refractivity contribution in [3.8, 4) is 0 Å². The maximum absolute atomic E-state index is 10.6. The Bertz CT molecular complexity index is 382. The van der Waals surface area contributed by atoms with Crippen molar-refractivity contribution in [2.45, 2.75) is 45.4 Å². The average Bonchev–Trinajstić information content (AvgIpc) is 2.23. The van der Waals surface area contributed by atoms with E-state index >= 15 is 0 Å². The molecule has 0 aromatic rings. The summed E-state index contributed by atoms with van der Waals surface area (Å²) in [6, 6.07) is 0. The van der Waals surface area contributed by atoms with Crippen molar-refractivity contribution in [2.24, 2.45) is 23.2 Å². The van der Waals surface area contributed by atoms with E-state index in [1.54, 1.807) is 0 Å². The standard InChI is InChI=1S/C16H22O2/c1-11(4-15(17)18)2-3-16-8-12-5-13(9-16)7-14(6-12)10-16/h2-4,12-14H,5-10H2,1H3,(H,17,18)/b3-2+,11-4+. The molecule has 0 atom stereocenters. The van der Waals surface area contributed by atoms with Gasteiger partial charge in [-0.3, -0.25) is 0 Å². The number of carbonyl (C=O) groups is 1. The van der Waals surface area contributed by atoms with E-state index in [1.165, 1.54) is 44.6 Å². The molecule has 2 nitrogen and oxygen atoms in total. The number of carboxylic acid groups (broad SMARTS) is 1. The lowest BCUT2D eigenvalue weighted by Crippen LogP contribution is -2.44. The quantitative estimate of drug-likeness (QED) is 0.607. The highest BCUT2D eigenvalue weighted by Gasteiger charge is 2.49. The lowest BCUT2D eigenvalue weighted by Gasteiger charge is -2.55. The third-order valence-electron chi connectivity index (χ3n) is 5.14. The van der Waals surface area contributed by atoms with E-state index in [0.29, 0.717) is 5.41 Å². The van der Waals surface area contributed by atoms with Crippen molar-refractivity contribution < 1.29 is 9.90 Å². The van der Waals surface area contributed by atoms with Crippen molar-refractivity contribution in [1.82, 2.24) is 0 Å². The molecular formula is C16H22O2. The average molecular weight is 246 g/mol. The fourth-order valence-electron chi connectivity index (χ4n) is 4.93. The van der Waals surface area contributed by atoms with Crippen LogP contribution in [0, 0.1) is 23.2 Å². The van der Waals surface area contributed by atoms with Crippen LogP contribution in [0.1, 0.15) is 45.4 Å². The largest absolute Gasteiger partial charge is 0.478 e. The smallest absolute Gasteiger partial charge is 0.328 e. The third-order valence-corrected chi connectivity index (χ3v) is 5.14. The van der Waals surface area contributed by atoms with Gasteiger partial charge in [0.05, 0.1) is 0 Å². The van der Waals surface area contributed by atoms with E-state index in [0.717, 1.165) is 23.3 Å². The van der Waals surface area contributed by atoms with Crippen molar-refractivity contribution in [1.29, 1.82) is 0 Å². The van der Waals surface area contributed by atoms with Gasteiger partial charge in [-0.25, -0.2) is 4.79 Å². The Morgan fingerprint density at radius 1 is 1.11 bits per heavy atom. The summed E-state index contributed by atoms with van der Waals surface area (Å²) >= 11 is 0. The molecule has 98 valence electrons. The number of hydrogen-bond donors (Lipinski definition) is 1. The minimum absolute atomic E-state index is 0.405. The Balaban J connectivity index is 1.76. The predicted molar refractivity (Wildman–Crippen MR) is 71.1 cm³/mol. The molecule has 0 spiro atoms. The summed E-state index contributed by atoms with van der Waals surface area (Å²) in [6.07, 6.45) is 14.1. The maximum Gasteiger partial charge on any atom is 0.328 e. The summed E-state index contributed by atoms with van der Waals surface area (Å²) < 4.78 is 0. The zero-order chi connectivity index (χ0) is 12.8. The number of hydrogen-bond acceptors (Lipinski definition) is 1. The molecule has 0 aliphatic heterocycles. The summed E-state index contributed by atoms with van der Waals surface area (Å²) in [5.74, 6) is 2.00. The van der Waals surface area contributed by atoms with Gasteiger partial charge in [0.1, 0.15) is 0 Å². The lowest BCUT2D eigenvalue weighted by atomic mass is 9.49. The fraction of sp³-hybridized carbons (Fsp3) is 0.688. The van der Waals surface area contributed by atoms with Gasteiger partial charge in [-0.2, -0.15) is 0 Å². The van der Waals surface area contributed by atoms with E-state index < -0.39 is 5.97 Å². The highest BCUT2D eigenvalue weighted by atomic mass is 16.4. The van der Waals surface area contributed by atoms with Crippen molar-refractivity contribution in [3.63, 3.8) is 0 Å². The van der Waals surface area contributed by atoms with Crippen LogP contribution in [0.15, 0.2) is 23.8 Å². The van der Waals surface area contributed by atoms with Crippen LogP contribution in [0.25, 0.3) is 0 Å². The molecule has 0 unspecified atom stereocenters. The monoisotopic (exact) mass is 246 g/mol. The van der Waals surface area contributed by atoms with Crippen LogP contribution in [0.3, 0.4) is 0 Å². The Kier molecular flexibility index (Phi) is 2.84. The number of carboxylic acids is 1. The number of aliphatic carboxylic acids is 1. The molecule has 0 aromatic carbocycles. The summed E-state index contributed by atoms with van der Waals surface area (Å²) in [4.78, 5) is 10.6. The van der Waals surface area contributed by atoms with Crippen LogP contribution in [-0.4, -0.2) is 11.1 Å². The molecule has 2 heteroatoms. The molecule has 4 fully saturated rings. The molecule has 4 aliphatic rings. The molecule has 4 rings (SSSR count). The van der Waals surface area contributed by atoms with Crippen LogP contribution >= 0.6 is 0 Å². The first-order chi connectivity index (χ1) is 8.55. The van der Waals surface area contributed by atoms with Gasteiger partial charge >= 0.3 is 5.97 Å². The number of rotatable bonds is 3. The van der Waals surface area contributed by atoms with Gasteiger partial charge < -0.3 is 5.11 Å². The normalized spacial score (nSPS) is 42.7. The molecule has 18 heavy (non-hydrogen) atoms. The van der Waals surface area contributed by atoms with Gasteiger partial charge in [-0.05, 0) is 74.2 Å². The molecule has 0 amide bonds. The van der Waals surface area contributed by atoms with Gasteiger partial charge in [0.15, 0.2) is 0 Å². The van der Waals surface area contributed by atoms with Crippen molar-refractivity contribution in [3.05, 3.63) is 23.8 Å². The SMILES string of the molecule is CC(/C=C/C12CC3CC(CC(C3)C1)C2)=C\C(=O)O. The Morgan fingerprint density at radius 2 is 1.61 bits per heavy atom. The van der Waals surface area contributed by atoms with Gasteiger partial charge in [0.25, 0.3) is 0 Å². The Hall–Kier alpha value is -1.05. The van der Waals surface area contributed by atoms with Gasteiger partial charge in [-0.1, -0.05) is 12.2 Å². The maximum atomic E-state index is 10.6. The second kappa shape index (κ2) is 4.25. The van der Waals surface area contributed by atoms with Crippen LogP contribution < -0.4 is 0 Å². The topological polar surface area (TPSA) is 37.3 Å². The van der Waals surface area contributed by atoms with Crippen molar-refractivity contribution >= 4 is 5.97 Å². The van der Waals surface area contributed by atoms with Crippen LogP contribution in [-0.2, 0) is 4.79 Å². The minimum Gasteiger partial charge on any atom is -0.478 e. The molecule has 0 aromatic heterocycles. The first kappa shape index (κ1) is 12.0. The lowest BCUT2D eigenvalue weighted by molar-refractivity contribution is -0.131. The van der Waals surface area contributed by atoms with Crippen LogP contribution in [0.5, 0.6) is 0 Å². The molecule has 4 saturated carbocycles. The molecule has 0 heterocycles. The van der Waals surface area contributed by atoms with Gasteiger partial charge in [0, 0.05) is 6.08 Å². The van der Waals surface area contributed by atoms with Crippen molar-refractivity contribution in [2.75, 3.05) is 0 Å². The Morgan fingerprint density at radius 3 is 2.06 bits per heavy atom. The first-order valence-electron chi connectivity index (χ1n) is 7.15. The van der Waals surface area contributed by atoms with E-state index in [9.17, 15) is 4.79 Å². The highest BCUT2D eigenvalue weighted by molar-refractivity contribution is 5.81. The van der Waals surface area contributed by atoms with Crippen LogP contribution in [0.2, 0.25) is 0 Å². The molecule has 0 radical (unpaired) electrons. The van der Waals surface area contributed by atoms with E-state index in [-0.39, 0.29) is 0 Å². The highest BCUT2D eigenvalue weighted by Crippen LogP contribution is 2.60. The molecule has 0 saturated heterocycles. The number of allylic oxidation sites excluding steroid dienone is 3. The second-order valence-electron chi connectivity index (χ2n) is 6.84. The zero-order valence-electron chi connectivity index (χ0n) is 11.1. The van der Waals surface area contributed by atoms with E-state index in [2.05, 4.69) is 6.08 Å². The molecular weight excluding hydrogens is 224 g/mol. The fourth-order valence-corrected chi connectivity index (χ4v) is 4.93. The van der Waals surface area contributed by atoms with Crippen LogP contribution in [0.4, 0.5) is 0 Å². The zero-order valence-corrected chi connectivity index (χ0v) is 11.1. The summed E-state index contributed by atoms with van der Waals surface area (Å²) in [6.45, 7) is 1.88. The first-order valence-corrected chi connectivity index (χ1v) is 7.15. The predicted octanol–water partition coefficient (Wildman–Crippen LogP) is 3.79. The molecule has 1 N–H and O–H groups in total. The summed E-state index contributed by atoms with van der Waals surface area (Å²) in [5, 5.41) is 8.73. The van der Waals surface area contributed by atoms with Gasteiger partial charge in [-0.15, -0.1) is 0 Å². The van der Waals surface area contributed by atoms with E-state index in [4.69, 9.17) is 5.11 Å².